The van der Waals surface area contributed by atoms with E-state index in [4.69, 9.17) is 23.4 Å². The highest BCUT2D eigenvalue weighted by molar-refractivity contribution is 7.99. The number of rotatable bonds is 8. The van der Waals surface area contributed by atoms with Gasteiger partial charge in [0.25, 0.3) is 5.22 Å². The second-order valence-corrected chi connectivity index (χ2v) is 7.85. The highest BCUT2D eigenvalue weighted by atomic mass is 32.2. The first-order chi connectivity index (χ1) is 15.3. The van der Waals surface area contributed by atoms with Crippen molar-refractivity contribution >= 4 is 35.4 Å². The van der Waals surface area contributed by atoms with Crippen molar-refractivity contribution in [1.29, 1.82) is 0 Å². The molecule has 4 atom stereocenters. The predicted octanol–water partition coefficient (Wildman–Crippen LogP) is 1.93. The molecule has 1 aromatic heterocycles. The number of benzene rings is 1. The summed E-state index contributed by atoms with van der Waals surface area (Å²) in [6, 6.07) is 9.51. The number of nitrogens with zero attached hydrogens (tertiary/aromatic N) is 2. The Morgan fingerprint density at radius 1 is 1.00 bits per heavy atom. The van der Waals surface area contributed by atoms with Gasteiger partial charge in [-0.25, -0.2) is 0 Å². The van der Waals surface area contributed by atoms with E-state index in [-0.39, 0.29) is 11.8 Å². The molecule has 12 heteroatoms. The van der Waals surface area contributed by atoms with Crippen LogP contribution in [0.2, 0.25) is 0 Å². The van der Waals surface area contributed by atoms with Gasteiger partial charge in [0.2, 0.25) is 5.89 Å². The van der Waals surface area contributed by atoms with Gasteiger partial charge >= 0.3 is 17.9 Å². The Morgan fingerprint density at radius 2 is 1.66 bits per heavy atom. The zero-order valence-electron chi connectivity index (χ0n) is 17.7. The Balaban J connectivity index is 1.71. The average Bonchev–Trinajstić information content (AvgIpc) is 3.18. The van der Waals surface area contributed by atoms with E-state index in [2.05, 4.69) is 15.5 Å². The Kier molecular flexibility index (Phi) is 8.06. The summed E-state index contributed by atoms with van der Waals surface area (Å²) in [5.41, 5.74) is 0.0524. The standard InChI is InChI=1S/C20H23N3O8S/c1-11(24)28-15-10-27-19(18(30-13(3)26)17(15)29-12(2)25)32-20-23-22-16(31-20)9-21-14-7-5-4-6-8-14/h4-8,15,17-19,21H,9-10H2,1-3H3/t15-,17+,18-,19+/m1/s1. The molecule has 1 saturated heterocycles. The number of ether oxygens (including phenoxy) is 4. The van der Waals surface area contributed by atoms with Gasteiger partial charge in [-0.1, -0.05) is 18.2 Å². The summed E-state index contributed by atoms with van der Waals surface area (Å²) in [6.45, 7) is 3.86. The molecule has 1 aliphatic heterocycles. The van der Waals surface area contributed by atoms with Crippen LogP contribution in [0.25, 0.3) is 0 Å². The maximum atomic E-state index is 11.7. The molecule has 1 aromatic carbocycles. The summed E-state index contributed by atoms with van der Waals surface area (Å²) in [4.78, 5) is 34.8. The molecule has 0 saturated carbocycles. The van der Waals surface area contributed by atoms with Crippen LogP contribution in [0.4, 0.5) is 5.69 Å². The number of carbonyl (C=O) groups is 3. The molecule has 0 spiro atoms. The smallest absolute Gasteiger partial charge is 0.303 e. The molecular weight excluding hydrogens is 442 g/mol. The fourth-order valence-corrected chi connectivity index (χ4v) is 3.92. The van der Waals surface area contributed by atoms with E-state index in [9.17, 15) is 14.4 Å². The van der Waals surface area contributed by atoms with Gasteiger partial charge in [-0.15, -0.1) is 10.2 Å². The van der Waals surface area contributed by atoms with Crippen molar-refractivity contribution in [3.05, 3.63) is 36.2 Å². The van der Waals surface area contributed by atoms with Crippen LogP contribution in [0.15, 0.2) is 40.0 Å². The lowest BCUT2D eigenvalue weighted by molar-refractivity contribution is -0.213. The molecule has 3 rings (SSSR count). The van der Waals surface area contributed by atoms with Crippen molar-refractivity contribution in [2.75, 3.05) is 11.9 Å². The van der Waals surface area contributed by atoms with Gasteiger partial charge in [-0.2, -0.15) is 0 Å². The van der Waals surface area contributed by atoms with Gasteiger partial charge in [-0.3, -0.25) is 14.4 Å². The summed E-state index contributed by atoms with van der Waals surface area (Å²) in [5, 5.41) is 11.3. The van der Waals surface area contributed by atoms with Gasteiger partial charge in [0.15, 0.2) is 23.7 Å². The minimum Gasteiger partial charge on any atom is -0.456 e. The van der Waals surface area contributed by atoms with Crippen molar-refractivity contribution in [2.24, 2.45) is 0 Å². The normalized spacial score (nSPS) is 22.6. The number of hydrogen-bond donors (Lipinski definition) is 1. The summed E-state index contributed by atoms with van der Waals surface area (Å²) in [5.74, 6) is -1.49. The summed E-state index contributed by atoms with van der Waals surface area (Å²) < 4.78 is 27.2. The van der Waals surface area contributed by atoms with Crippen LogP contribution in [-0.2, 0) is 39.9 Å². The Hall–Kier alpha value is -3.12. The van der Waals surface area contributed by atoms with Crippen molar-refractivity contribution in [3.63, 3.8) is 0 Å². The molecule has 1 aliphatic rings. The van der Waals surface area contributed by atoms with E-state index in [0.29, 0.717) is 12.4 Å². The van der Waals surface area contributed by atoms with Gasteiger partial charge in [0, 0.05) is 26.5 Å². The first-order valence-corrected chi connectivity index (χ1v) is 10.6. The Morgan fingerprint density at radius 3 is 2.31 bits per heavy atom. The quantitative estimate of drug-likeness (QED) is 0.450. The fourth-order valence-electron chi connectivity index (χ4n) is 3.00. The lowest BCUT2D eigenvalue weighted by atomic mass is 10.1. The van der Waals surface area contributed by atoms with Crippen LogP contribution in [0.3, 0.4) is 0 Å². The lowest BCUT2D eigenvalue weighted by Gasteiger charge is -2.39. The number of hydrogen-bond acceptors (Lipinski definition) is 12. The number of nitrogens with one attached hydrogen (secondary N) is 1. The molecule has 0 bridgehead atoms. The van der Waals surface area contributed by atoms with Crippen LogP contribution in [0.5, 0.6) is 0 Å². The molecule has 32 heavy (non-hydrogen) atoms. The number of esters is 3. The summed E-state index contributed by atoms with van der Waals surface area (Å²) >= 11 is 1.01. The van der Waals surface area contributed by atoms with E-state index in [0.717, 1.165) is 17.4 Å². The zero-order chi connectivity index (χ0) is 23.1. The SMILES string of the molecule is CC(=O)O[C@@H]1[C@@H](OC(C)=O)[C@H](Sc2nnc(CNc3ccccc3)o2)OC[C@H]1OC(C)=O. The van der Waals surface area contributed by atoms with Gasteiger partial charge in [0.1, 0.15) is 0 Å². The number of anilines is 1. The monoisotopic (exact) mass is 465 g/mol. The van der Waals surface area contributed by atoms with E-state index in [1.54, 1.807) is 0 Å². The highest BCUT2D eigenvalue weighted by Gasteiger charge is 2.47. The molecule has 1 fully saturated rings. The van der Waals surface area contributed by atoms with E-state index in [1.165, 1.54) is 20.8 Å². The molecule has 0 amide bonds. The molecule has 0 aliphatic carbocycles. The summed E-state index contributed by atoms with van der Waals surface area (Å²) in [6.07, 6.45) is -3.07. The molecule has 2 heterocycles. The van der Waals surface area contributed by atoms with Crippen molar-refractivity contribution in [1.82, 2.24) is 10.2 Å². The molecule has 0 unspecified atom stereocenters. The second kappa shape index (κ2) is 11.0. The topological polar surface area (TPSA) is 139 Å². The van der Waals surface area contributed by atoms with E-state index < -0.39 is 41.7 Å². The third-order valence-electron chi connectivity index (χ3n) is 4.19. The minimum atomic E-state index is -1.07. The largest absolute Gasteiger partial charge is 0.456 e. The van der Waals surface area contributed by atoms with E-state index >= 15 is 0 Å². The van der Waals surface area contributed by atoms with Gasteiger partial charge in [-0.05, 0) is 23.9 Å². The molecule has 2 aromatic rings. The van der Waals surface area contributed by atoms with Crippen LogP contribution in [0.1, 0.15) is 26.7 Å². The lowest BCUT2D eigenvalue weighted by Crippen LogP contribution is -2.56. The van der Waals surface area contributed by atoms with Gasteiger partial charge in [0.05, 0.1) is 13.2 Å². The van der Waals surface area contributed by atoms with E-state index in [1.807, 2.05) is 30.3 Å². The average molecular weight is 465 g/mol. The second-order valence-electron chi connectivity index (χ2n) is 6.80. The minimum absolute atomic E-state index is 0.0798. The van der Waals surface area contributed by atoms with Crippen LogP contribution < -0.4 is 5.32 Å². The van der Waals surface area contributed by atoms with Crippen molar-refractivity contribution in [3.8, 4) is 0 Å². The fraction of sp³-hybridized carbons (Fsp3) is 0.450. The molecule has 11 nitrogen and oxygen atoms in total. The Bertz CT molecular complexity index is 938. The maximum absolute atomic E-state index is 11.7. The van der Waals surface area contributed by atoms with Crippen molar-refractivity contribution < 1.29 is 37.7 Å². The van der Waals surface area contributed by atoms with Crippen LogP contribution in [-0.4, -0.2) is 58.5 Å². The first-order valence-electron chi connectivity index (χ1n) is 9.73. The number of aromatic nitrogens is 2. The van der Waals surface area contributed by atoms with Gasteiger partial charge < -0.3 is 28.7 Å². The first kappa shape index (κ1) is 23.5. The third-order valence-corrected chi connectivity index (χ3v) is 5.19. The van der Waals surface area contributed by atoms with Crippen LogP contribution >= 0.6 is 11.8 Å². The molecule has 172 valence electrons. The van der Waals surface area contributed by atoms with Crippen molar-refractivity contribution in [2.45, 2.75) is 56.3 Å². The molecule has 1 N–H and O–H groups in total. The molecular formula is C20H23N3O8S. The zero-order valence-corrected chi connectivity index (χ0v) is 18.5. The summed E-state index contributed by atoms with van der Waals surface area (Å²) in [7, 11) is 0. The predicted molar refractivity (Wildman–Crippen MR) is 110 cm³/mol. The van der Waals surface area contributed by atoms with Crippen LogP contribution in [0, 0.1) is 0 Å². The number of carbonyl (C=O) groups excluding carboxylic acids is 3. The number of thioether (sulfide) groups is 1. The molecule has 0 radical (unpaired) electrons. The Labute approximate surface area is 188 Å². The highest BCUT2D eigenvalue weighted by Crippen LogP contribution is 2.34. The third kappa shape index (κ3) is 6.69. The maximum Gasteiger partial charge on any atom is 0.303 e. The number of para-hydroxylation sites is 1.